The first-order chi connectivity index (χ1) is 13.7. The minimum Gasteiger partial charge on any atom is -0.340 e. The third-order valence-corrected chi connectivity index (χ3v) is 7.26. The Kier molecular flexibility index (Phi) is 3.65. The Balaban J connectivity index is 1.35. The first kappa shape index (κ1) is 16.7. The minimum atomic E-state index is -0.00918. The number of hydrogen-bond donors (Lipinski definition) is 1. The first-order valence-corrected chi connectivity index (χ1v) is 11.0. The van der Waals surface area contributed by atoms with E-state index in [2.05, 4.69) is 16.1 Å². The third kappa shape index (κ3) is 2.60. The fourth-order valence-electron chi connectivity index (χ4n) is 5.54. The maximum absolute atomic E-state index is 12.7. The largest absolute Gasteiger partial charge is 0.340 e. The summed E-state index contributed by atoms with van der Waals surface area (Å²) in [5, 5.41) is 0. The normalized spacial score (nSPS) is 26.4. The molecule has 4 aliphatic rings. The van der Waals surface area contributed by atoms with Gasteiger partial charge in [0.15, 0.2) is 0 Å². The van der Waals surface area contributed by atoms with Crippen molar-refractivity contribution in [3.63, 3.8) is 0 Å². The standard InChI is InChI=1S/C22H27N5O/c28-20-16-8-10-22(18(16)25-19(26-20)14-6-7-14)9-3-11-27(13-22)21-23-12-15-4-1-2-5-17(15)24-21/h12,14H,1-11,13H2,(H,25,26,28). The van der Waals surface area contributed by atoms with Crippen molar-refractivity contribution in [2.24, 2.45) is 0 Å². The van der Waals surface area contributed by atoms with Gasteiger partial charge in [-0.1, -0.05) is 0 Å². The van der Waals surface area contributed by atoms with Gasteiger partial charge in [0.05, 0.1) is 5.69 Å². The second-order valence-electron chi connectivity index (χ2n) is 9.21. The first-order valence-electron chi connectivity index (χ1n) is 11.0. The van der Waals surface area contributed by atoms with Crippen LogP contribution in [0.15, 0.2) is 11.0 Å². The van der Waals surface area contributed by atoms with Crippen LogP contribution in [-0.2, 0) is 24.7 Å². The second-order valence-corrected chi connectivity index (χ2v) is 9.21. The predicted molar refractivity (Wildman–Crippen MR) is 107 cm³/mol. The number of nitrogens with one attached hydrogen (secondary N) is 1. The molecule has 0 bridgehead atoms. The van der Waals surface area contributed by atoms with Crippen molar-refractivity contribution >= 4 is 5.95 Å². The average molecular weight is 377 g/mol. The van der Waals surface area contributed by atoms with Crippen LogP contribution in [0.2, 0.25) is 0 Å². The van der Waals surface area contributed by atoms with Crippen molar-refractivity contribution in [3.8, 4) is 0 Å². The molecule has 1 saturated carbocycles. The lowest BCUT2D eigenvalue weighted by molar-refractivity contribution is 0.331. The van der Waals surface area contributed by atoms with Crippen LogP contribution in [0.25, 0.3) is 0 Å². The van der Waals surface area contributed by atoms with Gasteiger partial charge >= 0.3 is 0 Å². The third-order valence-electron chi connectivity index (χ3n) is 7.26. The van der Waals surface area contributed by atoms with E-state index >= 15 is 0 Å². The summed E-state index contributed by atoms with van der Waals surface area (Å²) in [6.07, 6.45) is 13.1. The minimum absolute atomic E-state index is 0.00918. The van der Waals surface area contributed by atoms with Gasteiger partial charge in [-0.25, -0.2) is 15.0 Å². The topological polar surface area (TPSA) is 74.8 Å². The van der Waals surface area contributed by atoms with Crippen LogP contribution in [-0.4, -0.2) is 33.0 Å². The molecular weight excluding hydrogens is 350 g/mol. The van der Waals surface area contributed by atoms with E-state index in [0.717, 1.165) is 87.5 Å². The molecule has 6 rings (SSSR count). The van der Waals surface area contributed by atoms with Gasteiger partial charge in [-0.05, 0) is 69.8 Å². The lowest BCUT2D eigenvalue weighted by atomic mass is 9.77. The zero-order valence-electron chi connectivity index (χ0n) is 16.3. The number of aromatic nitrogens is 4. The van der Waals surface area contributed by atoms with Gasteiger partial charge in [0.2, 0.25) is 5.95 Å². The highest BCUT2D eigenvalue weighted by atomic mass is 16.1. The Morgan fingerprint density at radius 1 is 1.07 bits per heavy atom. The average Bonchev–Trinajstić information content (AvgIpc) is 3.52. The number of anilines is 1. The van der Waals surface area contributed by atoms with Crippen LogP contribution in [0.1, 0.15) is 79.2 Å². The highest BCUT2D eigenvalue weighted by Crippen LogP contribution is 2.45. The molecule has 1 atom stereocenters. The molecule has 2 aromatic rings. The molecule has 2 fully saturated rings. The number of nitrogens with zero attached hydrogens (tertiary/aromatic N) is 4. The van der Waals surface area contributed by atoms with Gasteiger partial charge in [0.1, 0.15) is 5.82 Å². The van der Waals surface area contributed by atoms with Crippen molar-refractivity contribution < 1.29 is 0 Å². The van der Waals surface area contributed by atoms with Gasteiger partial charge < -0.3 is 9.88 Å². The van der Waals surface area contributed by atoms with Crippen molar-refractivity contribution in [2.45, 2.75) is 75.5 Å². The summed E-state index contributed by atoms with van der Waals surface area (Å²) in [4.78, 5) is 32.8. The van der Waals surface area contributed by atoms with Gasteiger partial charge in [-0.15, -0.1) is 0 Å². The maximum Gasteiger partial charge on any atom is 0.254 e. The predicted octanol–water partition coefficient (Wildman–Crippen LogP) is 2.80. The highest BCUT2D eigenvalue weighted by molar-refractivity contribution is 5.41. The molecular formula is C22H27N5O. The van der Waals surface area contributed by atoms with E-state index < -0.39 is 0 Å². The summed E-state index contributed by atoms with van der Waals surface area (Å²) in [5.41, 5.74) is 4.68. The SMILES string of the molecule is O=c1[nH]c(C2CC2)nc2c1CCC21CCCN(c2ncc3c(n2)CCCC3)C1. The van der Waals surface area contributed by atoms with Gasteiger partial charge in [-0.2, -0.15) is 0 Å². The Morgan fingerprint density at radius 3 is 2.86 bits per heavy atom. The lowest BCUT2D eigenvalue weighted by Crippen LogP contribution is -2.46. The van der Waals surface area contributed by atoms with Gasteiger partial charge in [0, 0.05) is 41.9 Å². The fourth-order valence-corrected chi connectivity index (χ4v) is 5.54. The molecule has 6 nitrogen and oxygen atoms in total. The molecule has 1 spiro atoms. The van der Waals surface area contributed by atoms with Crippen LogP contribution in [0.4, 0.5) is 5.95 Å². The Hall–Kier alpha value is -2.24. The Bertz CT molecular complexity index is 995. The zero-order chi connectivity index (χ0) is 18.7. The van der Waals surface area contributed by atoms with Crippen molar-refractivity contribution in [2.75, 3.05) is 18.0 Å². The van der Waals surface area contributed by atoms with Gasteiger partial charge in [-0.3, -0.25) is 4.79 Å². The number of fused-ring (bicyclic) bond motifs is 3. The van der Waals surface area contributed by atoms with E-state index in [1.54, 1.807) is 0 Å². The fraction of sp³-hybridized carbons (Fsp3) is 0.636. The quantitative estimate of drug-likeness (QED) is 0.871. The van der Waals surface area contributed by atoms with Crippen molar-refractivity contribution in [1.82, 2.24) is 19.9 Å². The summed E-state index contributed by atoms with van der Waals surface area (Å²) in [6, 6.07) is 0. The summed E-state index contributed by atoms with van der Waals surface area (Å²) in [6.45, 7) is 1.88. The number of hydrogen-bond acceptors (Lipinski definition) is 5. The van der Waals surface area contributed by atoms with E-state index in [-0.39, 0.29) is 11.0 Å². The van der Waals surface area contributed by atoms with E-state index in [4.69, 9.17) is 15.0 Å². The van der Waals surface area contributed by atoms with Crippen molar-refractivity contribution in [3.05, 3.63) is 44.9 Å². The molecule has 2 aromatic heterocycles. The van der Waals surface area contributed by atoms with E-state index in [0.29, 0.717) is 5.92 Å². The number of H-pyrrole nitrogens is 1. The molecule has 0 radical (unpaired) electrons. The van der Waals surface area contributed by atoms with Crippen LogP contribution < -0.4 is 10.5 Å². The zero-order valence-corrected chi connectivity index (χ0v) is 16.3. The molecule has 3 heterocycles. The van der Waals surface area contributed by atoms with E-state index in [1.807, 2.05) is 0 Å². The van der Waals surface area contributed by atoms with Crippen LogP contribution in [0, 0.1) is 0 Å². The summed E-state index contributed by atoms with van der Waals surface area (Å²) < 4.78 is 0. The number of piperidine rings is 1. The molecule has 146 valence electrons. The molecule has 0 amide bonds. The van der Waals surface area contributed by atoms with E-state index in [1.165, 1.54) is 24.1 Å². The number of aryl methyl sites for hydroxylation is 2. The molecule has 1 saturated heterocycles. The highest BCUT2D eigenvalue weighted by Gasteiger charge is 2.46. The maximum atomic E-state index is 12.7. The second kappa shape index (κ2) is 6.13. The molecule has 6 heteroatoms. The molecule has 28 heavy (non-hydrogen) atoms. The molecule has 1 aliphatic heterocycles. The van der Waals surface area contributed by atoms with Crippen LogP contribution in [0.5, 0.6) is 0 Å². The Labute approximate surface area is 164 Å². The molecule has 1 unspecified atom stereocenters. The summed E-state index contributed by atoms with van der Waals surface area (Å²) in [7, 11) is 0. The summed E-state index contributed by atoms with van der Waals surface area (Å²) >= 11 is 0. The summed E-state index contributed by atoms with van der Waals surface area (Å²) in [5.74, 6) is 2.27. The lowest BCUT2D eigenvalue weighted by Gasteiger charge is -2.40. The van der Waals surface area contributed by atoms with Crippen LogP contribution in [0.3, 0.4) is 0 Å². The molecule has 0 aromatic carbocycles. The van der Waals surface area contributed by atoms with Crippen molar-refractivity contribution in [1.29, 1.82) is 0 Å². The van der Waals surface area contributed by atoms with E-state index in [9.17, 15) is 4.79 Å². The smallest absolute Gasteiger partial charge is 0.254 e. The van der Waals surface area contributed by atoms with Crippen LogP contribution >= 0.6 is 0 Å². The molecule has 3 aliphatic carbocycles. The number of rotatable bonds is 2. The Morgan fingerprint density at radius 2 is 1.96 bits per heavy atom. The molecule has 1 N–H and O–H groups in total. The monoisotopic (exact) mass is 377 g/mol. The van der Waals surface area contributed by atoms with Gasteiger partial charge in [0.25, 0.3) is 5.56 Å². The number of aromatic amines is 1.